The van der Waals surface area contributed by atoms with Crippen molar-refractivity contribution in [2.75, 3.05) is 5.88 Å². The fourth-order valence-electron chi connectivity index (χ4n) is 2.59. The molecule has 0 aliphatic rings. The second kappa shape index (κ2) is 6.82. The third-order valence-electron chi connectivity index (χ3n) is 3.65. The highest BCUT2D eigenvalue weighted by Crippen LogP contribution is 2.30. The van der Waals surface area contributed by atoms with Gasteiger partial charge in [0, 0.05) is 18.3 Å². The van der Waals surface area contributed by atoms with Crippen LogP contribution in [0.4, 0.5) is 0 Å². The summed E-state index contributed by atoms with van der Waals surface area (Å²) >= 11 is 12.3. The van der Waals surface area contributed by atoms with Crippen molar-refractivity contribution in [1.29, 1.82) is 0 Å². The van der Waals surface area contributed by atoms with Crippen LogP contribution in [0.1, 0.15) is 45.5 Å². The van der Waals surface area contributed by atoms with Gasteiger partial charge in [0.05, 0.1) is 16.1 Å². The van der Waals surface area contributed by atoms with Crippen molar-refractivity contribution in [1.82, 2.24) is 9.55 Å². The van der Waals surface area contributed by atoms with Crippen LogP contribution >= 0.6 is 23.2 Å². The maximum atomic E-state index is 6.39. The Bertz CT molecular complexity index is 575. The normalized spacial score (nSPS) is 13.3. The number of hydrogen-bond donors (Lipinski definition) is 0. The molecule has 0 aliphatic heterocycles. The highest BCUT2D eigenvalue weighted by atomic mass is 35.5. The summed E-state index contributed by atoms with van der Waals surface area (Å²) in [5.41, 5.74) is 2.01. The quantitative estimate of drug-likeness (QED) is 0.647. The van der Waals surface area contributed by atoms with Crippen molar-refractivity contribution in [2.24, 2.45) is 5.92 Å². The summed E-state index contributed by atoms with van der Waals surface area (Å²) in [7, 11) is 0. The first-order valence-electron chi connectivity index (χ1n) is 7.25. The van der Waals surface area contributed by atoms with Gasteiger partial charge in [0.25, 0.3) is 0 Å². The number of hydrogen-bond acceptors (Lipinski definition) is 1. The van der Waals surface area contributed by atoms with Gasteiger partial charge in [-0.05, 0) is 37.8 Å². The highest BCUT2D eigenvalue weighted by Gasteiger charge is 2.17. The number of fused-ring (bicyclic) bond motifs is 1. The number of imidazole rings is 1. The molecule has 0 saturated carbocycles. The molecule has 0 amide bonds. The Morgan fingerprint density at radius 2 is 1.95 bits per heavy atom. The van der Waals surface area contributed by atoms with E-state index in [1.54, 1.807) is 0 Å². The lowest BCUT2D eigenvalue weighted by Gasteiger charge is -2.19. The van der Waals surface area contributed by atoms with E-state index in [0.29, 0.717) is 17.8 Å². The lowest BCUT2D eigenvalue weighted by molar-refractivity contribution is 0.438. The Balaban J connectivity index is 2.44. The molecule has 0 bridgehead atoms. The van der Waals surface area contributed by atoms with Crippen molar-refractivity contribution in [3.63, 3.8) is 0 Å². The van der Waals surface area contributed by atoms with Gasteiger partial charge in [0.15, 0.2) is 0 Å². The molecule has 2 aromatic rings. The van der Waals surface area contributed by atoms with Crippen LogP contribution in [0.25, 0.3) is 11.0 Å². The lowest BCUT2D eigenvalue weighted by atomic mass is 10.0. The van der Waals surface area contributed by atoms with Gasteiger partial charge in [-0.25, -0.2) is 4.98 Å². The summed E-state index contributed by atoms with van der Waals surface area (Å²) in [6.45, 7) is 6.75. The molecule has 0 radical (unpaired) electrons. The van der Waals surface area contributed by atoms with E-state index in [-0.39, 0.29) is 0 Å². The van der Waals surface area contributed by atoms with E-state index in [0.717, 1.165) is 34.7 Å². The van der Waals surface area contributed by atoms with E-state index in [1.165, 1.54) is 6.42 Å². The van der Waals surface area contributed by atoms with Crippen LogP contribution < -0.4 is 0 Å². The van der Waals surface area contributed by atoms with Gasteiger partial charge < -0.3 is 4.57 Å². The standard InChI is InChI=1S/C16H22Cl2N2/c1-11(2)7-8-12(3)20-15(9-10-17)19-14-6-4-5-13(18)16(14)20/h4-6,11-12H,7-10H2,1-3H3. The average molecular weight is 313 g/mol. The van der Waals surface area contributed by atoms with E-state index in [4.69, 9.17) is 28.2 Å². The zero-order chi connectivity index (χ0) is 14.7. The zero-order valence-corrected chi connectivity index (χ0v) is 13.9. The molecule has 1 heterocycles. The molecule has 1 atom stereocenters. The highest BCUT2D eigenvalue weighted by molar-refractivity contribution is 6.35. The fraction of sp³-hybridized carbons (Fsp3) is 0.562. The van der Waals surface area contributed by atoms with Gasteiger partial charge in [0.1, 0.15) is 5.82 Å². The monoisotopic (exact) mass is 312 g/mol. The Kier molecular flexibility index (Phi) is 5.34. The molecule has 1 aromatic heterocycles. The molecule has 1 aromatic carbocycles. The van der Waals surface area contributed by atoms with Crippen LogP contribution in [-0.2, 0) is 6.42 Å². The predicted molar refractivity (Wildman–Crippen MR) is 88.0 cm³/mol. The molecule has 0 saturated heterocycles. The molecule has 0 N–H and O–H groups in total. The molecule has 0 spiro atoms. The summed E-state index contributed by atoms with van der Waals surface area (Å²) < 4.78 is 2.28. The third-order valence-corrected chi connectivity index (χ3v) is 4.15. The fourth-order valence-corrected chi connectivity index (χ4v) is 3.02. The van der Waals surface area contributed by atoms with Crippen LogP contribution in [-0.4, -0.2) is 15.4 Å². The van der Waals surface area contributed by atoms with Crippen molar-refractivity contribution < 1.29 is 0 Å². The molecule has 4 heteroatoms. The number of aromatic nitrogens is 2. The van der Waals surface area contributed by atoms with Crippen molar-refractivity contribution in [2.45, 2.75) is 46.1 Å². The predicted octanol–water partition coefficient (Wildman–Crippen LogP) is 5.47. The summed E-state index contributed by atoms with van der Waals surface area (Å²) in [6.07, 6.45) is 3.10. The van der Waals surface area contributed by atoms with Gasteiger partial charge in [0.2, 0.25) is 0 Å². The first-order valence-corrected chi connectivity index (χ1v) is 8.17. The second-order valence-corrected chi connectivity index (χ2v) is 6.55. The Labute approximate surface area is 131 Å². The summed E-state index contributed by atoms with van der Waals surface area (Å²) in [6, 6.07) is 6.29. The van der Waals surface area contributed by atoms with E-state index in [1.807, 2.05) is 18.2 Å². The molecule has 110 valence electrons. The summed E-state index contributed by atoms with van der Waals surface area (Å²) in [4.78, 5) is 4.71. The number of alkyl halides is 1. The van der Waals surface area contributed by atoms with Gasteiger partial charge in [-0.1, -0.05) is 31.5 Å². The van der Waals surface area contributed by atoms with Gasteiger partial charge in [-0.15, -0.1) is 11.6 Å². The van der Waals surface area contributed by atoms with Crippen molar-refractivity contribution >= 4 is 34.2 Å². The molecule has 2 rings (SSSR count). The minimum Gasteiger partial charge on any atom is -0.324 e. The van der Waals surface area contributed by atoms with Crippen LogP contribution in [0.15, 0.2) is 18.2 Å². The Morgan fingerprint density at radius 1 is 1.20 bits per heavy atom. The topological polar surface area (TPSA) is 17.8 Å². The lowest BCUT2D eigenvalue weighted by Crippen LogP contribution is -2.11. The maximum absolute atomic E-state index is 6.39. The van der Waals surface area contributed by atoms with Crippen molar-refractivity contribution in [3.05, 3.63) is 29.0 Å². The molecular weight excluding hydrogens is 291 g/mol. The molecular formula is C16H22Cl2N2. The Morgan fingerprint density at radius 3 is 2.60 bits per heavy atom. The molecule has 0 fully saturated rings. The molecule has 1 unspecified atom stereocenters. The van der Waals surface area contributed by atoms with E-state index < -0.39 is 0 Å². The number of rotatable bonds is 6. The minimum atomic E-state index is 0.389. The first-order chi connectivity index (χ1) is 9.54. The largest absolute Gasteiger partial charge is 0.324 e. The number of aryl methyl sites for hydroxylation is 1. The zero-order valence-electron chi connectivity index (χ0n) is 12.4. The van der Waals surface area contributed by atoms with Crippen LogP contribution in [0.5, 0.6) is 0 Å². The van der Waals surface area contributed by atoms with E-state index in [9.17, 15) is 0 Å². The van der Waals surface area contributed by atoms with Gasteiger partial charge in [-0.3, -0.25) is 0 Å². The number of halogens is 2. The van der Waals surface area contributed by atoms with E-state index >= 15 is 0 Å². The molecule has 0 aliphatic carbocycles. The maximum Gasteiger partial charge on any atom is 0.111 e. The summed E-state index contributed by atoms with van der Waals surface area (Å²) in [5.74, 6) is 2.33. The van der Waals surface area contributed by atoms with Crippen LogP contribution in [0.3, 0.4) is 0 Å². The number of nitrogens with zero attached hydrogens (tertiary/aromatic N) is 2. The van der Waals surface area contributed by atoms with Crippen molar-refractivity contribution in [3.8, 4) is 0 Å². The Hall–Kier alpha value is -0.730. The van der Waals surface area contributed by atoms with Gasteiger partial charge in [-0.2, -0.15) is 0 Å². The first kappa shape index (κ1) is 15.7. The van der Waals surface area contributed by atoms with Crippen LogP contribution in [0, 0.1) is 5.92 Å². The number of benzene rings is 1. The van der Waals surface area contributed by atoms with E-state index in [2.05, 4.69) is 25.3 Å². The minimum absolute atomic E-state index is 0.389. The third kappa shape index (κ3) is 3.29. The van der Waals surface area contributed by atoms with Gasteiger partial charge >= 0.3 is 0 Å². The van der Waals surface area contributed by atoms with Crippen LogP contribution in [0.2, 0.25) is 5.02 Å². The summed E-state index contributed by atoms with van der Waals surface area (Å²) in [5, 5.41) is 0.771. The molecule has 20 heavy (non-hydrogen) atoms. The average Bonchev–Trinajstić information content (AvgIpc) is 2.76. The smallest absolute Gasteiger partial charge is 0.111 e. The second-order valence-electron chi connectivity index (χ2n) is 5.76. The number of para-hydroxylation sites is 1. The SMILES string of the molecule is CC(C)CCC(C)n1c(CCCl)nc2cccc(Cl)c21. The molecule has 2 nitrogen and oxygen atoms in total.